The number of nitrogens with zero attached hydrogens (tertiary/aromatic N) is 1. The smallest absolute Gasteiger partial charge is 0.330 e. The second kappa shape index (κ2) is 5.77. The molecule has 25 heavy (non-hydrogen) atoms. The van der Waals surface area contributed by atoms with E-state index in [1.807, 2.05) is 13.8 Å². The molecule has 1 saturated carbocycles. The van der Waals surface area contributed by atoms with Gasteiger partial charge in [0, 0.05) is 25.1 Å². The summed E-state index contributed by atoms with van der Waals surface area (Å²) in [5.41, 5.74) is -1.94. The Morgan fingerprint density at radius 2 is 2.08 bits per heavy atom. The number of aromatic nitrogens is 2. The molecule has 2 N–H and O–H groups in total. The van der Waals surface area contributed by atoms with Crippen LogP contribution in [0, 0.1) is 5.92 Å². The van der Waals surface area contributed by atoms with Gasteiger partial charge in [0.1, 0.15) is 17.8 Å². The van der Waals surface area contributed by atoms with E-state index in [4.69, 9.17) is 14.2 Å². The van der Waals surface area contributed by atoms with Gasteiger partial charge >= 0.3 is 5.69 Å². The van der Waals surface area contributed by atoms with Crippen molar-refractivity contribution in [2.75, 3.05) is 6.61 Å². The van der Waals surface area contributed by atoms with Crippen molar-refractivity contribution in [2.24, 2.45) is 5.92 Å². The molecule has 4 atom stereocenters. The number of aromatic amines is 1. The highest BCUT2D eigenvalue weighted by molar-refractivity contribution is 5.12. The average molecular weight is 352 g/mol. The van der Waals surface area contributed by atoms with Crippen LogP contribution in [0.4, 0.5) is 0 Å². The van der Waals surface area contributed by atoms with Crippen molar-refractivity contribution in [3.63, 3.8) is 0 Å². The topological polar surface area (TPSA) is 103 Å². The first-order chi connectivity index (χ1) is 11.9. The number of aliphatic hydroxyl groups is 1. The minimum Gasteiger partial charge on any atom is -0.394 e. The maximum absolute atomic E-state index is 12.4. The fraction of sp³-hybridized carbons (Fsp3) is 0.765. The van der Waals surface area contributed by atoms with E-state index in [0.29, 0.717) is 0 Å². The summed E-state index contributed by atoms with van der Waals surface area (Å²) in [5.74, 6) is -0.700. The van der Waals surface area contributed by atoms with Gasteiger partial charge in [-0.3, -0.25) is 14.3 Å². The van der Waals surface area contributed by atoms with Crippen LogP contribution in [0.25, 0.3) is 0 Å². The van der Waals surface area contributed by atoms with E-state index in [9.17, 15) is 14.7 Å². The lowest BCUT2D eigenvalue weighted by Crippen LogP contribution is -2.51. The molecule has 138 valence electrons. The minimum atomic E-state index is -0.903. The van der Waals surface area contributed by atoms with Crippen LogP contribution < -0.4 is 11.2 Å². The quantitative estimate of drug-likeness (QED) is 0.822. The summed E-state index contributed by atoms with van der Waals surface area (Å²) in [6.07, 6.45) is 3.20. The van der Waals surface area contributed by atoms with Gasteiger partial charge in [-0.2, -0.15) is 0 Å². The second-order valence-electron chi connectivity index (χ2n) is 7.49. The first-order valence-corrected chi connectivity index (χ1v) is 8.88. The third kappa shape index (κ3) is 2.35. The molecule has 0 radical (unpaired) electrons. The fourth-order valence-corrected chi connectivity index (χ4v) is 4.53. The Morgan fingerprint density at radius 1 is 1.36 bits per heavy atom. The lowest BCUT2D eigenvalue weighted by Gasteiger charge is -2.37. The molecule has 1 spiro atoms. The van der Waals surface area contributed by atoms with E-state index in [2.05, 4.69) is 4.98 Å². The van der Waals surface area contributed by atoms with E-state index in [0.717, 1.165) is 25.7 Å². The molecule has 1 aromatic heterocycles. The summed E-state index contributed by atoms with van der Waals surface area (Å²) >= 11 is 0. The van der Waals surface area contributed by atoms with Crippen molar-refractivity contribution in [2.45, 2.75) is 69.4 Å². The molecule has 3 heterocycles. The number of aliphatic hydroxyl groups excluding tert-OH is 1. The number of rotatable bonds is 3. The summed E-state index contributed by atoms with van der Waals surface area (Å²) in [5, 5.41) is 9.81. The lowest BCUT2D eigenvalue weighted by molar-refractivity contribution is -0.243. The maximum atomic E-state index is 12.4. The normalized spacial score (nSPS) is 36.4. The van der Waals surface area contributed by atoms with Crippen molar-refractivity contribution in [3.8, 4) is 0 Å². The molecule has 2 aliphatic heterocycles. The molecular weight excluding hydrogens is 328 g/mol. The van der Waals surface area contributed by atoms with E-state index < -0.39 is 41.1 Å². The lowest BCUT2D eigenvalue weighted by atomic mass is 9.83. The summed E-state index contributed by atoms with van der Waals surface area (Å²) in [7, 11) is 0. The Bertz CT molecular complexity index is 765. The number of hydrogen-bond donors (Lipinski definition) is 2. The fourth-order valence-electron chi connectivity index (χ4n) is 4.53. The number of fused-ring (bicyclic) bond motifs is 1. The molecule has 1 aromatic rings. The van der Waals surface area contributed by atoms with Crippen molar-refractivity contribution in [1.82, 2.24) is 9.55 Å². The first-order valence-electron chi connectivity index (χ1n) is 8.88. The van der Waals surface area contributed by atoms with E-state index in [-0.39, 0.29) is 12.5 Å². The maximum Gasteiger partial charge on any atom is 0.330 e. The average Bonchev–Trinajstić information content (AvgIpc) is 3.22. The molecule has 4 rings (SSSR count). The van der Waals surface area contributed by atoms with Crippen LogP contribution in [0.1, 0.15) is 45.8 Å². The monoisotopic (exact) mass is 352 g/mol. The van der Waals surface area contributed by atoms with Crippen LogP contribution >= 0.6 is 0 Å². The van der Waals surface area contributed by atoms with Gasteiger partial charge in [0.05, 0.1) is 6.61 Å². The van der Waals surface area contributed by atoms with Crippen molar-refractivity contribution in [1.29, 1.82) is 0 Å². The molecule has 8 heteroatoms. The molecule has 0 bridgehead atoms. The van der Waals surface area contributed by atoms with E-state index in [1.54, 1.807) is 0 Å². The Balaban J connectivity index is 1.83. The van der Waals surface area contributed by atoms with Crippen LogP contribution in [-0.2, 0) is 14.2 Å². The summed E-state index contributed by atoms with van der Waals surface area (Å²) in [6, 6.07) is 1.28. The largest absolute Gasteiger partial charge is 0.394 e. The molecular formula is C17H24N2O6. The van der Waals surface area contributed by atoms with Crippen molar-refractivity contribution >= 4 is 0 Å². The van der Waals surface area contributed by atoms with Gasteiger partial charge in [0.25, 0.3) is 5.56 Å². The van der Waals surface area contributed by atoms with Crippen LogP contribution in [-0.4, -0.2) is 44.9 Å². The SMILES string of the molecule is CC(C)[C@@]12OC3(CCCC3)O[C@@H]1C(CO)O[C@H]2n1ccc(=O)[nH]c1=O. The summed E-state index contributed by atoms with van der Waals surface area (Å²) < 4.78 is 20.2. The van der Waals surface area contributed by atoms with Crippen LogP contribution in [0.15, 0.2) is 21.9 Å². The molecule has 3 aliphatic rings. The van der Waals surface area contributed by atoms with Crippen LogP contribution in [0.5, 0.6) is 0 Å². The zero-order chi connectivity index (χ0) is 17.8. The zero-order valence-electron chi connectivity index (χ0n) is 14.4. The van der Waals surface area contributed by atoms with E-state index in [1.165, 1.54) is 16.8 Å². The van der Waals surface area contributed by atoms with Crippen LogP contribution in [0.3, 0.4) is 0 Å². The molecule has 3 fully saturated rings. The molecule has 2 saturated heterocycles. The molecule has 1 aliphatic carbocycles. The van der Waals surface area contributed by atoms with Gasteiger partial charge in [-0.15, -0.1) is 0 Å². The Hall–Kier alpha value is -1.48. The zero-order valence-corrected chi connectivity index (χ0v) is 14.4. The van der Waals surface area contributed by atoms with Gasteiger partial charge in [0.2, 0.25) is 0 Å². The highest BCUT2D eigenvalue weighted by Crippen LogP contribution is 2.57. The summed E-state index contributed by atoms with van der Waals surface area (Å²) in [6.45, 7) is 3.77. The Morgan fingerprint density at radius 3 is 2.68 bits per heavy atom. The number of ether oxygens (including phenoxy) is 3. The summed E-state index contributed by atoms with van der Waals surface area (Å²) in [4.78, 5) is 26.0. The molecule has 0 aromatic carbocycles. The van der Waals surface area contributed by atoms with Gasteiger partial charge in [-0.25, -0.2) is 4.79 Å². The minimum absolute atomic E-state index is 0.0298. The second-order valence-corrected chi connectivity index (χ2v) is 7.49. The predicted molar refractivity (Wildman–Crippen MR) is 87.0 cm³/mol. The highest BCUT2D eigenvalue weighted by Gasteiger charge is 2.70. The Kier molecular flexibility index (Phi) is 3.91. The molecule has 8 nitrogen and oxygen atoms in total. The molecule has 0 amide bonds. The van der Waals surface area contributed by atoms with Gasteiger partial charge < -0.3 is 19.3 Å². The predicted octanol–water partition coefficient (Wildman–Crippen LogP) is 0.507. The van der Waals surface area contributed by atoms with Gasteiger partial charge in [0.15, 0.2) is 12.0 Å². The third-order valence-corrected chi connectivity index (χ3v) is 5.73. The van der Waals surface area contributed by atoms with Crippen molar-refractivity contribution < 1.29 is 19.3 Å². The van der Waals surface area contributed by atoms with Gasteiger partial charge in [-0.05, 0) is 18.8 Å². The number of nitrogens with one attached hydrogen (secondary N) is 1. The number of H-pyrrole nitrogens is 1. The van der Waals surface area contributed by atoms with E-state index >= 15 is 0 Å². The Labute approximate surface area is 144 Å². The third-order valence-electron chi connectivity index (χ3n) is 5.73. The standard InChI is InChI=1S/C17H24N2O6/c1-10(2)17-13(24-16(25-17)6-3-4-7-16)11(9-20)23-14(17)19-8-5-12(21)18-15(19)22/h5,8,10-11,13-14,20H,3-4,6-7,9H2,1-2H3,(H,18,21,22)/t11?,13-,14-,17-/m1/s1. The first kappa shape index (κ1) is 17.0. The molecule has 1 unspecified atom stereocenters. The number of hydrogen-bond acceptors (Lipinski definition) is 6. The van der Waals surface area contributed by atoms with Crippen molar-refractivity contribution in [3.05, 3.63) is 33.1 Å². The van der Waals surface area contributed by atoms with Gasteiger partial charge in [-0.1, -0.05) is 13.8 Å². The highest BCUT2D eigenvalue weighted by atomic mass is 16.8. The van der Waals surface area contributed by atoms with Crippen LogP contribution in [0.2, 0.25) is 0 Å².